The highest BCUT2D eigenvalue weighted by Gasteiger charge is 2.34. The van der Waals surface area contributed by atoms with E-state index in [1.807, 2.05) is 0 Å². The second-order valence-corrected chi connectivity index (χ2v) is 8.64. The van der Waals surface area contributed by atoms with Crippen LogP contribution in [0.5, 0.6) is 0 Å². The van der Waals surface area contributed by atoms with Crippen molar-refractivity contribution >= 4 is 46.1 Å². The molecular formula is C17H23N5O7S. The van der Waals surface area contributed by atoms with Gasteiger partial charge in [-0.25, -0.2) is 14.6 Å². The van der Waals surface area contributed by atoms with Gasteiger partial charge in [0.25, 0.3) is 5.91 Å². The number of nitrogens with one attached hydrogen (secondary N) is 3. The Kier molecular flexibility index (Phi) is 6.65. The molecular weight excluding hydrogens is 418 g/mol. The van der Waals surface area contributed by atoms with Crippen LogP contribution in [0.4, 0.5) is 9.93 Å². The van der Waals surface area contributed by atoms with Gasteiger partial charge >= 0.3 is 12.1 Å². The summed E-state index contributed by atoms with van der Waals surface area (Å²) < 4.78 is 5.14. The number of β-lactam (4-membered cyclic amide) rings is 1. The lowest BCUT2D eigenvalue weighted by molar-refractivity contribution is -0.161. The van der Waals surface area contributed by atoms with Crippen LogP contribution in [0.25, 0.3) is 0 Å². The molecule has 0 aliphatic carbocycles. The number of rotatable bonds is 7. The van der Waals surface area contributed by atoms with Crippen LogP contribution in [0.3, 0.4) is 0 Å². The first-order chi connectivity index (χ1) is 13.8. The van der Waals surface area contributed by atoms with E-state index in [4.69, 9.17) is 14.7 Å². The first kappa shape index (κ1) is 23.1. The molecule has 0 spiro atoms. The number of carbonyl (C=O) groups is 4. The van der Waals surface area contributed by atoms with Crippen LogP contribution < -0.4 is 16.0 Å². The number of ether oxygens (including phenoxy) is 1. The Hall–Kier alpha value is -3.22. The normalized spacial score (nSPS) is 16.8. The van der Waals surface area contributed by atoms with E-state index in [9.17, 15) is 19.2 Å². The maximum absolute atomic E-state index is 12.6. The zero-order valence-corrected chi connectivity index (χ0v) is 17.9. The van der Waals surface area contributed by atoms with E-state index in [1.165, 1.54) is 19.2 Å². The van der Waals surface area contributed by atoms with Gasteiger partial charge in [-0.15, -0.1) is 11.3 Å². The van der Waals surface area contributed by atoms with Crippen molar-refractivity contribution in [3.63, 3.8) is 0 Å². The minimum atomic E-state index is -1.72. The van der Waals surface area contributed by atoms with Crippen molar-refractivity contribution in [2.45, 2.75) is 51.9 Å². The number of thiazole rings is 1. The fourth-order valence-electron chi connectivity index (χ4n) is 1.86. The van der Waals surface area contributed by atoms with Crippen molar-refractivity contribution in [1.29, 1.82) is 0 Å². The number of nitrogens with zero attached hydrogens (tertiary/aromatic N) is 2. The van der Waals surface area contributed by atoms with Gasteiger partial charge in [0.2, 0.25) is 11.5 Å². The molecule has 1 aliphatic heterocycles. The minimum Gasteiger partial charge on any atom is -0.478 e. The number of carboxylic acids is 1. The van der Waals surface area contributed by atoms with Crippen molar-refractivity contribution in [2.75, 3.05) is 11.9 Å². The molecule has 1 aromatic rings. The molecule has 2 rings (SSSR count). The van der Waals surface area contributed by atoms with Crippen molar-refractivity contribution < 1.29 is 33.9 Å². The highest BCUT2D eigenvalue weighted by molar-refractivity contribution is 7.14. The molecule has 0 bridgehead atoms. The van der Waals surface area contributed by atoms with Gasteiger partial charge in [0, 0.05) is 11.9 Å². The molecule has 0 radical (unpaired) electrons. The Morgan fingerprint density at radius 1 is 1.30 bits per heavy atom. The van der Waals surface area contributed by atoms with Crippen LogP contribution >= 0.6 is 11.3 Å². The maximum Gasteiger partial charge on any atom is 0.413 e. The van der Waals surface area contributed by atoms with Crippen molar-refractivity contribution in [1.82, 2.24) is 15.6 Å². The van der Waals surface area contributed by atoms with Crippen molar-refractivity contribution in [2.24, 2.45) is 5.16 Å². The molecule has 1 atom stereocenters. The van der Waals surface area contributed by atoms with Crippen LogP contribution in [0, 0.1) is 0 Å². The Morgan fingerprint density at radius 3 is 2.47 bits per heavy atom. The second kappa shape index (κ2) is 8.65. The van der Waals surface area contributed by atoms with Gasteiger partial charge in [0.05, 0.1) is 0 Å². The third-order valence-corrected chi connectivity index (χ3v) is 4.31. The Balaban J connectivity index is 2.22. The summed E-state index contributed by atoms with van der Waals surface area (Å²) in [4.78, 5) is 56.3. The molecule has 12 nitrogen and oxygen atoms in total. The van der Waals surface area contributed by atoms with E-state index in [0.717, 1.165) is 11.3 Å². The molecule has 4 N–H and O–H groups in total. The summed E-state index contributed by atoms with van der Waals surface area (Å²) in [7, 11) is 0. The van der Waals surface area contributed by atoms with Crippen LogP contribution in [0.15, 0.2) is 10.5 Å². The number of hydrogen-bond donors (Lipinski definition) is 4. The highest BCUT2D eigenvalue weighted by Crippen LogP contribution is 2.19. The van der Waals surface area contributed by atoms with E-state index >= 15 is 0 Å². The van der Waals surface area contributed by atoms with Crippen LogP contribution in [-0.2, 0) is 24.0 Å². The van der Waals surface area contributed by atoms with Crippen LogP contribution in [0.2, 0.25) is 0 Å². The second-order valence-electron chi connectivity index (χ2n) is 7.78. The summed E-state index contributed by atoms with van der Waals surface area (Å²) in [5.41, 5.74) is -2.76. The average molecular weight is 441 g/mol. The zero-order valence-electron chi connectivity index (χ0n) is 17.1. The van der Waals surface area contributed by atoms with E-state index in [1.54, 1.807) is 20.8 Å². The fraction of sp³-hybridized carbons (Fsp3) is 0.529. The first-order valence-corrected chi connectivity index (χ1v) is 9.70. The van der Waals surface area contributed by atoms with Gasteiger partial charge in [-0.1, -0.05) is 5.16 Å². The number of amides is 3. The summed E-state index contributed by atoms with van der Waals surface area (Å²) in [6, 6.07) is -0.742. The lowest BCUT2D eigenvalue weighted by atomic mass is 10.1. The van der Waals surface area contributed by atoms with E-state index in [2.05, 4.69) is 26.1 Å². The third-order valence-electron chi connectivity index (χ3n) is 3.55. The average Bonchev–Trinajstić information content (AvgIpc) is 3.04. The van der Waals surface area contributed by atoms with E-state index in [0.29, 0.717) is 0 Å². The number of aliphatic carboxylic acids is 1. The molecule has 3 amide bonds. The van der Waals surface area contributed by atoms with Gasteiger partial charge < -0.3 is 25.3 Å². The molecule has 1 fully saturated rings. The number of hydrogen-bond acceptors (Lipinski definition) is 9. The SMILES string of the molecule is CC(C)(C)OC(=O)Nc1nc(/C(=N/OC(C)(C)C(=O)O)C(=O)N[C@H]2CNC2=O)cs1. The Morgan fingerprint density at radius 2 is 1.97 bits per heavy atom. The first-order valence-electron chi connectivity index (χ1n) is 8.82. The maximum atomic E-state index is 12.6. The smallest absolute Gasteiger partial charge is 0.413 e. The zero-order chi connectivity index (χ0) is 22.7. The highest BCUT2D eigenvalue weighted by atomic mass is 32.1. The van der Waals surface area contributed by atoms with E-state index in [-0.39, 0.29) is 29.0 Å². The fourth-order valence-corrected chi connectivity index (χ4v) is 2.55. The third kappa shape index (κ3) is 6.14. The van der Waals surface area contributed by atoms with Crippen molar-refractivity contribution in [3.8, 4) is 0 Å². The number of oxime groups is 1. The predicted octanol–water partition coefficient (Wildman–Crippen LogP) is 0.689. The molecule has 1 aliphatic rings. The van der Waals surface area contributed by atoms with Gasteiger partial charge in [-0.3, -0.25) is 14.9 Å². The molecule has 164 valence electrons. The van der Waals surface area contributed by atoms with Gasteiger partial charge in [-0.2, -0.15) is 0 Å². The molecule has 1 aromatic heterocycles. The number of carboxylic acid groups (broad SMARTS) is 1. The molecule has 2 heterocycles. The molecule has 30 heavy (non-hydrogen) atoms. The van der Waals surface area contributed by atoms with Gasteiger partial charge in [0.15, 0.2) is 10.8 Å². The van der Waals surface area contributed by atoms with Gasteiger partial charge in [-0.05, 0) is 34.6 Å². The number of carbonyl (C=O) groups excluding carboxylic acids is 3. The molecule has 1 saturated heterocycles. The summed E-state index contributed by atoms with van der Waals surface area (Å²) in [6.07, 6.45) is -0.735. The molecule has 0 unspecified atom stereocenters. The minimum absolute atomic E-state index is 0.0180. The lowest BCUT2D eigenvalue weighted by Crippen LogP contribution is -2.62. The monoisotopic (exact) mass is 441 g/mol. The largest absolute Gasteiger partial charge is 0.478 e. The Labute approximate surface area is 176 Å². The lowest BCUT2D eigenvalue weighted by Gasteiger charge is -2.26. The van der Waals surface area contributed by atoms with Gasteiger partial charge in [0.1, 0.15) is 17.3 Å². The molecule has 0 saturated carbocycles. The Bertz CT molecular complexity index is 887. The summed E-state index contributed by atoms with van der Waals surface area (Å²) in [5, 5.41) is 21.7. The number of anilines is 1. The topological polar surface area (TPSA) is 168 Å². The summed E-state index contributed by atoms with van der Waals surface area (Å²) in [6.45, 7) is 7.86. The standard InChI is InChI=1S/C17H23N5O7S/c1-16(2,3)28-15(27)21-14-20-9(7-30-14)10(22-29-17(4,5)13(25)26)12(24)19-8-6-18-11(8)23/h7-8H,6H2,1-5H3,(H,18,23)(H,19,24)(H,25,26)(H,20,21,27)/b22-10-/t8-/m0/s1. The van der Waals surface area contributed by atoms with Crippen LogP contribution in [0.1, 0.15) is 40.3 Å². The molecule has 0 aromatic carbocycles. The molecule has 13 heteroatoms. The van der Waals surface area contributed by atoms with E-state index < -0.39 is 35.2 Å². The summed E-state index contributed by atoms with van der Waals surface area (Å²) in [5.74, 6) is -2.44. The number of aromatic nitrogens is 1. The predicted molar refractivity (Wildman–Crippen MR) is 106 cm³/mol. The van der Waals surface area contributed by atoms with Crippen LogP contribution in [-0.4, -0.2) is 63.5 Å². The van der Waals surface area contributed by atoms with Crippen molar-refractivity contribution in [3.05, 3.63) is 11.1 Å². The quantitative estimate of drug-likeness (QED) is 0.272. The summed E-state index contributed by atoms with van der Waals surface area (Å²) >= 11 is 0.993.